The van der Waals surface area contributed by atoms with Crippen LogP contribution in [0.1, 0.15) is 0 Å². The lowest BCUT2D eigenvalue weighted by Gasteiger charge is -2.01. The van der Waals surface area contributed by atoms with Gasteiger partial charge in [0, 0.05) is 5.69 Å². The van der Waals surface area contributed by atoms with E-state index in [4.69, 9.17) is 12.2 Å². The SMILES string of the molecule is S=C(N=Nc1ccccc1)Nc1ccccc1. The lowest BCUT2D eigenvalue weighted by Crippen LogP contribution is -2.04. The maximum atomic E-state index is 5.06. The Morgan fingerprint density at radius 2 is 1.47 bits per heavy atom. The number of benzene rings is 2. The molecule has 4 heteroatoms. The van der Waals surface area contributed by atoms with Gasteiger partial charge in [-0.15, -0.1) is 10.2 Å². The molecule has 0 heterocycles. The van der Waals surface area contributed by atoms with E-state index in [9.17, 15) is 0 Å². The number of azo groups is 1. The highest BCUT2D eigenvalue weighted by molar-refractivity contribution is 7.80. The first-order valence-corrected chi connectivity index (χ1v) is 5.58. The normalized spacial score (nSPS) is 10.4. The Hall–Kier alpha value is -2.07. The number of nitrogens with one attached hydrogen (secondary N) is 1. The van der Waals surface area contributed by atoms with E-state index in [1.165, 1.54) is 0 Å². The second kappa shape index (κ2) is 5.86. The van der Waals surface area contributed by atoms with Gasteiger partial charge in [-0.1, -0.05) is 36.4 Å². The lowest BCUT2D eigenvalue weighted by molar-refractivity contribution is 1.28. The van der Waals surface area contributed by atoms with E-state index in [1.807, 2.05) is 60.7 Å². The third-order valence-electron chi connectivity index (χ3n) is 2.04. The zero-order valence-corrected chi connectivity index (χ0v) is 9.89. The molecule has 0 bridgehead atoms. The molecule has 0 saturated heterocycles. The van der Waals surface area contributed by atoms with Gasteiger partial charge in [-0.05, 0) is 36.5 Å². The van der Waals surface area contributed by atoms with E-state index in [1.54, 1.807) is 0 Å². The number of hydrogen-bond acceptors (Lipinski definition) is 2. The molecule has 0 radical (unpaired) electrons. The molecule has 0 aliphatic rings. The summed E-state index contributed by atoms with van der Waals surface area (Å²) in [6.45, 7) is 0. The standard InChI is InChI=1S/C13H11N3S/c17-13(14-11-7-3-1-4-8-11)16-15-12-9-5-2-6-10-12/h1-10H,(H,14,17). The maximum Gasteiger partial charge on any atom is 0.218 e. The Labute approximate surface area is 105 Å². The van der Waals surface area contributed by atoms with Crippen LogP contribution in [0.15, 0.2) is 70.9 Å². The van der Waals surface area contributed by atoms with Gasteiger partial charge < -0.3 is 5.32 Å². The Balaban J connectivity index is 1.96. The molecule has 0 atom stereocenters. The molecule has 0 amide bonds. The quantitative estimate of drug-likeness (QED) is 0.633. The summed E-state index contributed by atoms with van der Waals surface area (Å²) in [5.41, 5.74) is 1.69. The molecule has 0 unspecified atom stereocenters. The molecule has 0 aliphatic carbocycles. The number of thiocarbonyl (C=S) groups is 1. The third kappa shape index (κ3) is 3.77. The van der Waals surface area contributed by atoms with Crippen LogP contribution >= 0.6 is 12.2 Å². The largest absolute Gasteiger partial charge is 0.330 e. The second-order valence-electron chi connectivity index (χ2n) is 3.33. The summed E-state index contributed by atoms with van der Waals surface area (Å²) in [4.78, 5) is 0. The summed E-state index contributed by atoms with van der Waals surface area (Å²) in [5, 5.41) is 11.3. The van der Waals surface area contributed by atoms with Crippen molar-refractivity contribution in [3.8, 4) is 0 Å². The summed E-state index contributed by atoms with van der Waals surface area (Å²) >= 11 is 5.06. The van der Waals surface area contributed by atoms with Gasteiger partial charge in [0.25, 0.3) is 0 Å². The highest BCUT2D eigenvalue weighted by atomic mass is 32.1. The third-order valence-corrected chi connectivity index (χ3v) is 2.22. The van der Waals surface area contributed by atoms with E-state index < -0.39 is 0 Å². The second-order valence-corrected chi connectivity index (χ2v) is 3.72. The summed E-state index contributed by atoms with van der Waals surface area (Å²) in [7, 11) is 0. The van der Waals surface area contributed by atoms with E-state index in [2.05, 4.69) is 15.5 Å². The molecule has 2 rings (SSSR count). The number of rotatable bonds is 2. The van der Waals surface area contributed by atoms with Crippen molar-refractivity contribution in [3.63, 3.8) is 0 Å². The van der Waals surface area contributed by atoms with Crippen LogP contribution in [-0.4, -0.2) is 5.11 Å². The first kappa shape index (κ1) is 11.4. The number of hydrogen-bond donors (Lipinski definition) is 1. The molecule has 0 spiro atoms. The fraction of sp³-hybridized carbons (Fsp3) is 0. The van der Waals surface area contributed by atoms with E-state index in [0.29, 0.717) is 5.11 Å². The van der Waals surface area contributed by atoms with Crippen molar-refractivity contribution in [2.45, 2.75) is 0 Å². The van der Waals surface area contributed by atoms with Gasteiger partial charge in [0.05, 0.1) is 5.69 Å². The van der Waals surface area contributed by atoms with Crippen molar-refractivity contribution in [1.82, 2.24) is 0 Å². The van der Waals surface area contributed by atoms with Crippen LogP contribution in [0.25, 0.3) is 0 Å². The average molecular weight is 241 g/mol. The summed E-state index contributed by atoms with van der Waals surface area (Å²) in [6, 6.07) is 19.1. The summed E-state index contributed by atoms with van der Waals surface area (Å²) < 4.78 is 0. The van der Waals surface area contributed by atoms with Crippen LogP contribution in [0, 0.1) is 0 Å². The minimum Gasteiger partial charge on any atom is -0.330 e. The van der Waals surface area contributed by atoms with Gasteiger partial charge in [0.2, 0.25) is 5.11 Å². The van der Waals surface area contributed by atoms with Gasteiger partial charge in [-0.2, -0.15) is 0 Å². The predicted molar refractivity (Wildman–Crippen MR) is 73.6 cm³/mol. The topological polar surface area (TPSA) is 36.8 Å². The first-order chi connectivity index (χ1) is 8.34. The van der Waals surface area contributed by atoms with Crippen LogP contribution in [0.3, 0.4) is 0 Å². The van der Waals surface area contributed by atoms with Crippen molar-refractivity contribution in [2.24, 2.45) is 10.2 Å². The smallest absolute Gasteiger partial charge is 0.218 e. The van der Waals surface area contributed by atoms with Crippen molar-refractivity contribution < 1.29 is 0 Å². The fourth-order valence-corrected chi connectivity index (χ4v) is 1.43. The van der Waals surface area contributed by atoms with Gasteiger partial charge >= 0.3 is 0 Å². The Bertz CT molecular complexity index is 509. The minimum atomic E-state index is 0.347. The molecule has 84 valence electrons. The highest BCUT2D eigenvalue weighted by Crippen LogP contribution is 2.11. The lowest BCUT2D eigenvalue weighted by atomic mass is 10.3. The van der Waals surface area contributed by atoms with E-state index in [0.717, 1.165) is 11.4 Å². The molecular weight excluding hydrogens is 230 g/mol. The molecular formula is C13H11N3S. The molecule has 2 aromatic rings. The molecule has 3 nitrogen and oxygen atoms in total. The Morgan fingerprint density at radius 3 is 2.12 bits per heavy atom. The van der Waals surface area contributed by atoms with Crippen LogP contribution in [0.5, 0.6) is 0 Å². The van der Waals surface area contributed by atoms with E-state index >= 15 is 0 Å². The Morgan fingerprint density at radius 1 is 0.882 bits per heavy atom. The molecule has 0 fully saturated rings. The van der Waals surface area contributed by atoms with Crippen molar-refractivity contribution in [1.29, 1.82) is 0 Å². The molecule has 0 aromatic heterocycles. The monoisotopic (exact) mass is 241 g/mol. The van der Waals surface area contributed by atoms with Gasteiger partial charge in [-0.25, -0.2) is 0 Å². The van der Waals surface area contributed by atoms with Crippen molar-refractivity contribution >= 4 is 28.7 Å². The number of nitrogens with zero attached hydrogens (tertiary/aromatic N) is 2. The maximum absolute atomic E-state index is 5.06. The number of para-hydroxylation sites is 1. The van der Waals surface area contributed by atoms with Gasteiger partial charge in [0.15, 0.2) is 0 Å². The first-order valence-electron chi connectivity index (χ1n) is 5.17. The van der Waals surface area contributed by atoms with Crippen LogP contribution in [0.2, 0.25) is 0 Å². The molecule has 2 aromatic carbocycles. The number of anilines is 1. The minimum absolute atomic E-state index is 0.347. The summed E-state index contributed by atoms with van der Waals surface area (Å²) in [5.74, 6) is 0. The predicted octanol–water partition coefficient (Wildman–Crippen LogP) is 4.17. The molecule has 0 aliphatic heterocycles. The van der Waals surface area contributed by atoms with E-state index in [-0.39, 0.29) is 0 Å². The van der Waals surface area contributed by atoms with Crippen LogP contribution in [0.4, 0.5) is 11.4 Å². The van der Waals surface area contributed by atoms with Crippen LogP contribution in [-0.2, 0) is 0 Å². The molecule has 1 N–H and O–H groups in total. The zero-order chi connectivity index (χ0) is 11.9. The van der Waals surface area contributed by atoms with Crippen molar-refractivity contribution in [2.75, 3.05) is 5.32 Å². The highest BCUT2D eigenvalue weighted by Gasteiger charge is 1.94. The molecule has 17 heavy (non-hydrogen) atoms. The Kier molecular flexibility index (Phi) is 3.94. The van der Waals surface area contributed by atoms with Gasteiger partial charge in [0.1, 0.15) is 0 Å². The van der Waals surface area contributed by atoms with Crippen molar-refractivity contribution in [3.05, 3.63) is 60.7 Å². The zero-order valence-electron chi connectivity index (χ0n) is 9.08. The fourth-order valence-electron chi connectivity index (χ4n) is 1.27. The molecule has 0 saturated carbocycles. The average Bonchev–Trinajstić information content (AvgIpc) is 2.39. The van der Waals surface area contributed by atoms with Crippen LogP contribution < -0.4 is 5.32 Å². The van der Waals surface area contributed by atoms with Gasteiger partial charge in [-0.3, -0.25) is 0 Å². The summed E-state index contributed by atoms with van der Waals surface area (Å²) in [6.07, 6.45) is 0.